The molecule has 2 aliphatic rings. The van der Waals surface area contributed by atoms with Gasteiger partial charge in [0, 0.05) is 45.2 Å². The third-order valence-corrected chi connectivity index (χ3v) is 6.37. The summed E-state index contributed by atoms with van der Waals surface area (Å²) >= 11 is 0. The Balaban J connectivity index is 1.67. The predicted molar refractivity (Wildman–Crippen MR) is 127 cm³/mol. The van der Waals surface area contributed by atoms with Crippen molar-refractivity contribution in [1.82, 2.24) is 24.5 Å². The van der Waals surface area contributed by atoms with Gasteiger partial charge in [-0.3, -0.25) is 5.01 Å². The van der Waals surface area contributed by atoms with Crippen molar-refractivity contribution >= 4 is 22.7 Å². The number of hydrogen-bond donors (Lipinski definition) is 1. The van der Waals surface area contributed by atoms with Crippen molar-refractivity contribution in [3.8, 4) is 11.4 Å². The van der Waals surface area contributed by atoms with Crippen LogP contribution in [0.2, 0.25) is 0 Å². The molecule has 2 aliphatic heterocycles. The lowest BCUT2D eigenvalue weighted by Crippen LogP contribution is -2.30. The molecule has 0 saturated carbocycles. The number of rotatable bonds is 5. The van der Waals surface area contributed by atoms with Crippen LogP contribution in [0.4, 0.5) is 5.82 Å². The molecule has 5 rings (SSSR count). The maximum Gasteiger partial charge on any atom is 0.166 e. The standard InChI is InChI=1S/C24H31N7O/c1-4-31-22(16(2)32)25-20-23(30-12-6-5-7-13-30)26-21(27-24(20)31)18-10-8-9-17(15-18)19-11-14-29(3)28-19/h8-10,15-16,32H,4-7,11-14H2,1-3H3. The second-order valence-corrected chi connectivity index (χ2v) is 8.74. The number of aromatic nitrogens is 4. The summed E-state index contributed by atoms with van der Waals surface area (Å²) in [6.45, 7) is 7.39. The summed E-state index contributed by atoms with van der Waals surface area (Å²) in [5.41, 5.74) is 4.76. The molecule has 1 aromatic carbocycles. The van der Waals surface area contributed by atoms with E-state index in [1.807, 2.05) is 16.6 Å². The van der Waals surface area contributed by atoms with Crippen LogP contribution >= 0.6 is 0 Å². The zero-order chi connectivity index (χ0) is 22.2. The number of benzene rings is 1. The summed E-state index contributed by atoms with van der Waals surface area (Å²) in [6.07, 6.45) is 3.84. The molecule has 0 bridgehead atoms. The highest BCUT2D eigenvalue weighted by molar-refractivity contribution is 6.02. The van der Waals surface area contributed by atoms with E-state index in [-0.39, 0.29) is 0 Å². The molecule has 0 amide bonds. The first-order valence-electron chi connectivity index (χ1n) is 11.7. The summed E-state index contributed by atoms with van der Waals surface area (Å²) < 4.78 is 2.01. The van der Waals surface area contributed by atoms with E-state index in [1.165, 1.54) is 6.42 Å². The van der Waals surface area contributed by atoms with E-state index >= 15 is 0 Å². The molecule has 0 spiro atoms. The molecule has 1 saturated heterocycles. The van der Waals surface area contributed by atoms with Crippen LogP contribution in [0, 0.1) is 0 Å². The Hall–Kier alpha value is -3.00. The average molecular weight is 434 g/mol. The van der Waals surface area contributed by atoms with Crippen molar-refractivity contribution in [2.24, 2.45) is 5.10 Å². The molecule has 168 valence electrons. The number of aliphatic hydroxyl groups is 1. The van der Waals surface area contributed by atoms with Crippen molar-refractivity contribution in [1.29, 1.82) is 0 Å². The van der Waals surface area contributed by atoms with Gasteiger partial charge in [-0.2, -0.15) is 5.10 Å². The Kier molecular flexibility index (Phi) is 5.55. The van der Waals surface area contributed by atoms with Crippen LogP contribution in [-0.2, 0) is 6.54 Å². The number of nitrogens with zero attached hydrogens (tertiary/aromatic N) is 7. The minimum Gasteiger partial charge on any atom is -0.385 e. The number of hydrogen-bond acceptors (Lipinski definition) is 7. The predicted octanol–water partition coefficient (Wildman–Crippen LogP) is 3.60. The number of hydrazone groups is 1. The van der Waals surface area contributed by atoms with Crippen molar-refractivity contribution in [3.05, 3.63) is 35.7 Å². The van der Waals surface area contributed by atoms with Gasteiger partial charge in [0.25, 0.3) is 0 Å². The molecule has 1 unspecified atom stereocenters. The first-order valence-corrected chi connectivity index (χ1v) is 11.7. The lowest BCUT2D eigenvalue weighted by Gasteiger charge is -2.28. The molecule has 32 heavy (non-hydrogen) atoms. The molecular weight excluding hydrogens is 402 g/mol. The van der Waals surface area contributed by atoms with Crippen molar-refractivity contribution in [2.45, 2.75) is 52.2 Å². The summed E-state index contributed by atoms with van der Waals surface area (Å²) in [5.74, 6) is 2.21. The Morgan fingerprint density at radius 1 is 1.03 bits per heavy atom. The van der Waals surface area contributed by atoms with Crippen LogP contribution in [0.3, 0.4) is 0 Å². The fourth-order valence-electron chi connectivity index (χ4n) is 4.70. The van der Waals surface area contributed by atoms with Gasteiger partial charge in [0.2, 0.25) is 0 Å². The SMILES string of the molecule is CCn1c(C(C)O)nc2c(N3CCCCC3)nc(-c3cccc(C4=NN(C)CC4)c3)nc21. The maximum atomic E-state index is 10.3. The molecule has 0 aliphatic carbocycles. The summed E-state index contributed by atoms with van der Waals surface area (Å²) in [5, 5.41) is 17.0. The average Bonchev–Trinajstić information content (AvgIpc) is 3.42. The van der Waals surface area contributed by atoms with Crippen LogP contribution < -0.4 is 4.90 Å². The molecule has 4 heterocycles. The number of aliphatic hydroxyl groups excluding tert-OH is 1. The van der Waals surface area contributed by atoms with Crippen LogP contribution in [-0.4, -0.2) is 62.0 Å². The Morgan fingerprint density at radius 2 is 1.81 bits per heavy atom. The summed E-state index contributed by atoms with van der Waals surface area (Å²) in [4.78, 5) is 17.1. The smallest absolute Gasteiger partial charge is 0.166 e. The maximum absolute atomic E-state index is 10.3. The first kappa shape index (κ1) is 20.9. The Bertz CT molecular complexity index is 1160. The quantitative estimate of drug-likeness (QED) is 0.662. The zero-order valence-electron chi connectivity index (χ0n) is 19.1. The van der Waals surface area contributed by atoms with Crippen molar-refractivity contribution < 1.29 is 5.11 Å². The third kappa shape index (κ3) is 3.72. The Morgan fingerprint density at radius 3 is 2.50 bits per heavy atom. The van der Waals surface area contributed by atoms with Gasteiger partial charge in [0.05, 0.1) is 5.71 Å². The normalized spacial score (nSPS) is 17.8. The van der Waals surface area contributed by atoms with E-state index in [4.69, 9.17) is 15.0 Å². The number of imidazole rings is 1. The molecule has 3 aromatic rings. The fraction of sp³-hybridized carbons (Fsp3) is 0.500. The van der Waals surface area contributed by atoms with E-state index in [0.29, 0.717) is 18.2 Å². The van der Waals surface area contributed by atoms with Gasteiger partial charge >= 0.3 is 0 Å². The molecule has 1 fully saturated rings. The van der Waals surface area contributed by atoms with E-state index in [1.54, 1.807) is 6.92 Å². The number of anilines is 1. The van der Waals surface area contributed by atoms with Gasteiger partial charge < -0.3 is 14.6 Å². The summed E-state index contributed by atoms with van der Waals surface area (Å²) in [7, 11) is 2.00. The zero-order valence-corrected chi connectivity index (χ0v) is 19.1. The van der Waals surface area contributed by atoms with Gasteiger partial charge in [-0.1, -0.05) is 18.2 Å². The minimum atomic E-state index is -0.664. The van der Waals surface area contributed by atoms with E-state index in [0.717, 1.165) is 72.7 Å². The van der Waals surface area contributed by atoms with Crippen LogP contribution in [0.1, 0.15) is 57.0 Å². The molecule has 2 aromatic heterocycles. The fourth-order valence-corrected chi connectivity index (χ4v) is 4.70. The summed E-state index contributed by atoms with van der Waals surface area (Å²) in [6, 6.07) is 8.36. The topological polar surface area (TPSA) is 82.7 Å². The molecule has 0 radical (unpaired) electrons. The number of aryl methyl sites for hydroxylation is 1. The second kappa shape index (κ2) is 8.50. The second-order valence-electron chi connectivity index (χ2n) is 8.74. The van der Waals surface area contributed by atoms with Crippen LogP contribution in [0.15, 0.2) is 29.4 Å². The minimum absolute atomic E-state index is 0.643. The van der Waals surface area contributed by atoms with Gasteiger partial charge in [0.15, 0.2) is 22.8 Å². The molecule has 8 nitrogen and oxygen atoms in total. The largest absolute Gasteiger partial charge is 0.385 e. The highest BCUT2D eigenvalue weighted by Gasteiger charge is 2.24. The van der Waals surface area contributed by atoms with Crippen molar-refractivity contribution in [3.63, 3.8) is 0 Å². The van der Waals surface area contributed by atoms with Crippen molar-refractivity contribution in [2.75, 3.05) is 31.6 Å². The molecule has 1 N–H and O–H groups in total. The van der Waals surface area contributed by atoms with Gasteiger partial charge in [-0.25, -0.2) is 15.0 Å². The van der Waals surface area contributed by atoms with E-state index < -0.39 is 6.10 Å². The van der Waals surface area contributed by atoms with Gasteiger partial charge in [-0.05, 0) is 44.7 Å². The lowest BCUT2D eigenvalue weighted by atomic mass is 10.0. The molecule has 8 heteroatoms. The molecule has 1 atom stereocenters. The molecular formula is C24H31N7O. The van der Waals surface area contributed by atoms with E-state index in [2.05, 4.69) is 41.2 Å². The Labute approximate surface area is 188 Å². The van der Waals surface area contributed by atoms with Crippen LogP contribution in [0.5, 0.6) is 0 Å². The highest BCUT2D eigenvalue weighted by atomic mass is 16.3. The number of fused-ring (bicyclic) bond motifs is 1. The third-order valence-electron chi connectivity index (χ3n) is 6.37. The van der Waals surface area contributed by atoms with E-state index in [9.17, 15) is 5.11 Å². The van der Waals surface area contributed by atoms with Crippen LogP contribution in [0.25, 0.3) is 22.6 Å². The van der Waals surface area contributed by atoms with Gasteiger partial charge in [0.1, 0.15) is 11.9 Å². The monoisotopic (exact) mass is 433 g/mol. The number of piperidine rings is 1. The van der Waals surface area contributed by atoms with Gasteiger partial charge in [-0.15, -0.1) is 0 Å². The highest BCUT2D eigenvalue weighted by Crippen LogP contribution is 2.31. The lowest BCUT2D eigenvalue weighted by molar-refractivity contribution is 0.184. The first-order chi connectivity index (χ1) is 15.5.